The smallest absolute Gasteiger partial charge is 0.159 e. The highest BCUT2D eigenvalue weighted by Gasteiger charge is 2.00. The number of ketones is 1. The average molecular weight is 256 g/mol. The monoisotopic (exact) mass is 256 g/mol. The molecule has 0 aliphatic heterocycles. The Kier molecular flexibility index (Phi) is 4.18. The average Bonchev–Trinajstić information content (AvgIpc) is 2.46. The van der Waals surface area contributed by atoms with Crippen molar-refractivity contribution in [2.75, 3.05) is 7.11 Å². The minimum atomic E-state index is 0.0719. The Morgan fingerprint density at radius 2 is 1.53 bits per heavy atom. The van der Waals surface area contributed by atoms with Gasteiger partial charge in [0.15, 0.2) is 5.78 Å². The van der Waals surface area contributed by atoms with Crippen LogP contribution in [-0.4, -0.2) is 12.9 Å². The first-order valence-electron chi connectivity index (χ1n) is 6.06. The maximum absolute atomic E-state index is 11.2. The first-order chi connectivity index (χ1) is 9.19. The number of hydrogen-bond donors (Lipinski definition) is 0. The maximum Gasteiger partial charge on any atom is 0.159 e. The quantitative estimate of drug-likeness (QED) is 0.768. The molecule has 0 unspecified atom stereocenters. The van der Waals surface area contributed by atoms with Crippen LogP contribution in [0.3, 0.4) is 0 Å². The number of carbonyl (C=O) groups excluding carboxylic acids is 1. The number of benzene rings is 2. The van der Waals surface area contributed by atoms with Crippen LogP contribution < -0.4 is 9.47 Å². The first kappa shape index (κ1) is 13.1. The van der Waals surface area contributed by atoms with Crippen LogP contribution in [0.4, 0.5) is 0 Å². The van der Waals surface area contributed by atoms with E-state index in [1.807, 2.05) is 48.5 Å². The Morgan fingerprint density at radius 3 is 2.05 bits per heavy atom. The summed E-state index contributed by atoms with van der Waals surface area (Å²) in [5.41, 5.74) is 1.74. The van der Waals surface area contributed by atoms with Gasteiger partial charge in [0, 0.05) is 5.56 Å². The lowest BCUT2D eigenvalue weighted by molar-refractivity contribution is 0.101. The molecule has 0 bridgehead atoms. The van der Waals surface area contributed by atoms with Gasteiger partial charge in [0.2, 0.25) is 0 Å². The van der Waals surface area contributed by atoms with E-state index < -0.39 is 0 Å². The highest BCUT2D eigenvalue weighted by molar-refractivity contribution is 5.93. The van der Waals surface area contributed by atoms with Crippen LogP contribution >= 0.6 is 0 Å². The molecule has 0 aliphatic rings. The number of hydrogen-bond acceptors (Lipinski definition) is 3. The van der Waals surface area contributed by atoms with Crippen molar-refractivity contribution in [1.29, 1.82) is 0 Å². The Bertz CT molecular complexity index is 541. The molecule has 2 rings (SSSR count). The standard InChI is InChI=1S/C16H16O3/c1-12(17)14-5-3-13(4-6-14)11-19-16-9-7-15(18-2)8-10-16/h3-10H,11H2,1-2H3. The number of carbonyl (C=O) groups is 1. The summed E-state index contributed by atoms with van der Waals surface area (Å²) in [5.74, 6) is 1.66. The van der Waals surface area contributed by atoms with Gasteiger partial charge in [0.25, 0.3) is 0 Å². The maximum atomic E-state index is 11.2. The lowest BCUT2D eigenvalue weighted by Gasteiger charge is -2.07. The van der Waals surface area contributed by atoms with Gasteiger partial charge in [-0.25, -0.2) is 0 Å². The highest BCUT2D eigenvalue weighted by atomic mass is 16.5. The molecule has 0 saturated heterocycles. The largest absolute Gasteiger partial charge is 0.497 e. The molecule has 0 aliphatic carbocycles. The number of rotatable bonds is 5. The second-order valence-electron chi connectivity index (χ2n) is 4.22. The number of ether oxygens (including phenoxy) is 2. The Balaban J connectivity index is 1.95. The molecule has 0 radical (unpaired) electrons. The summed E-state index contributed by atoms with van der Waals surface area (Å²) in [6.45, 7) is 2.04. The zero-order valence-electron chi connectivity index (χ0n) is 11.1. The molecular formula is C16H16O3. The van der Waals surface area contributed by atoms with Crippen LogP contribution in [0.1, 0.15) is 22.8 Å². The fourth-order valence-electron chi connectivity index (χ4n) is 1.67. The summed E-state index contributed by atoms with van der Waals surface area (Å²) in [6, 6.07) is 14.9. The molecule has 0 fully saturated rings. The van der Waals surface area contributed by atoms with Crippen molar-refractivity contribution in [3.8, 4) is 11.5 Å². The molecule has 0 aromatic heterocycles. The topological polar surface area (TPSA) is 35.5 Å². The predicted molar refractivity (Wildman–Crippen MR) is 73.8 cm³/mol. The van der Waals surface area contributed by atoms with Gasteiger partial charge < -0.3 is 9.47 Å². The van der Waals surface area contributed by atoms with E-state index in [0.717, 1.165) is 17.1 Å². The van der Waals surface area contributed by atoms with Crippen LogP contribution in [0.25, 0.3) is 0 Å². The minimum absolute atomic E-state index is 0.0719. The molecule has 3 heteroatoms. The zero-order chi connectivity index (χ0) is 13.7. The summed E-state index contributed by atoms with van der Waals surface area (Å²) >= 11 is 0. The van der Waals surface area contributed by atoms with Gasteiger partial charge in [-0.3, -0.25) is 4.79 Å². The van der Waals surface area contributed by atoms with Crippen molar-refractivity contribution in [2.45, 2.75) is 13.5 Å². The van der Waals surface area contributed by atoms with Gasteiger partial charge in [0.05, 0.1) is 7.11 Å². The lowest BCUT2D eigenvalue weighted by Crippen LogP contribution is -1.97. The molecule has 3 nitrogen and oxygen atoms in total. The molecule has 0 heterocycles. The molecular weight excluding hydrogens is 240 g/mol. The third-order valence-electron chi connectivity index (χ3n) is 2.83. The lowest BCUT2D eigenvalue weighted by atomic mass is 10.1. The van der Waals surface area contributed by atoms with Crippen molar-refractivity contribution in [2.24, 2.45) is 0 Å². The van der Waals surface area contributed by atoms with Gasteiger partial charge in [-0.15, -0.1) is 0 Å². The fraction of sp³-hybridized carbons (Fsp3) is 0.188. The van der Waals surface area contributed by atoms with Crippen molar-refractivity contribution in [1.82, 2.24) is 0 Å². The molecule has 19 heavy (non-hydrogen) atoms. The van der Waals surface area contributed by atoms with E-state index in [-0.39, 0.29) is 5.78 Å². The Hall–Kier alpha value is -2.29. The van der Waals surface area contributed by atoms with Crippen molar-refractivity contribution in [3.63, 3.8) is 0 Å². The molecule has 0 amide bonds. The van der Waals surface area contributed by atoms with E-state index >= 15 is 0 Å². The van der Waals surface area contributed by atoms with Gasteiger partial charge in [0.1, 0.15) is 18.1 Å². The Labute approximate surface area is 112 Å². The number of methoxy groups -OCH3 is 1. The minimum Gasteiger partial charge on any atom is -0.497 e. The summed E-state index contributed by atoms with van der Waals surface area (Å²) in [5, 5.41) is 0. The SMILES string of the molecule is COc1ccc(OCc2ccc(C(C)=O)cc2)cc1. The number of Topliss-reactive ketones (excluding diaryl/α,β-unsaturated/α-hetero) is 1. The van der Waals surface area contributed by atoms with Crippen molar-refractivity contribution < 1.29 is 14.3 Å². The van der Waals surface area contributed by atoms with Crippen LogP contribution in [0.5, 0.6) is 11.5 Å². The first-order valence-corrected chi connectivity index (χ1v) is 6.06. The second-order valence-corrected chi connectivity index (χ2v) is 4.22. The van der Waals surface area contributed by atoms with E-state index in [1.54, 1.807) is 14.0 Å². The summed E-state index contributed by atoms with van der Waals surface area (Å²) in [7, 11) is 1.63. The van der Waals surface area contributed by atoms with Crippen molar-refractivity contribution >= 4 is 5.78 Å². The van der Waals surface area contributed by atoms with E-state index in [1.165, 1.54) is 0 Å². The highest BCUT2D eigenvalue weighted by Crippen LogP contribution is 2.18. The van der Waals surface area contributed by atoms with Crippen molar-refractivity contribution in [3.05, 3.63) is 59.7 Å². The summed E-state index contributed by atoms with van der Waals surface area (Å²) < 4.78 is 10.7. The molecule has 0 N–H and O–H groups in total. The predicted octanol–water partition coefficient (Wildman–Crippen LogP) is 3.48. The summed E-state index contributed by atoms with van der Waals surface area (Å²) in [4.78, 5) is 11.2. The van der Waals surface area contributed by atoms with E-state index in [4.69, 9.17) is 9.47 Å². The van der Waals surface area contributed by atoms with Crippen LogP contribution in [-0.2, 0) is 6.61 Å². The van der Waals surface area contributed by atoms with E-state index in [0.29, 0.717) is 12.2 Å². The molecule has 2 aromatic carbocycles. The fourth-order valence-corrected chi connectivity index (χ4v) is 1.67. The molecule has 98 valence electrons. The zero-order valence-corrected chi connectivity index (χ0v) is 11.1. The van der Waals surface area contributed by atoms with Gasteiger partial charge in [-0.1, -0.05) is 24.3 Å². The van der Waals surface area contributed by atoms with Crippen LogP contribution in [0, 0.1) is 0 Å². The molecule has 0 saturated carbocycles. The van der Waals surface area contributed by atoms with Gasteiger partial charge in [-0.05, 0) is 36.8 Å². The van der Waals surface area contributed by atoms with Crippen LogP contribution in [0.15, 0.2) is 48.5 Å². The molecule has 0 atom stereocenters. The molecule has 0 spiro atoms. The van der Waals surface area contributed by atoms with Gasteiger partial charge >= 0.3 is 0 Å². The normalized spacial score (nSPS) is 10.0. The van der Waals surface area contributed by atoms with E-state index in [9.17, 15) is 4.79 Å². The van der Waals surface area contributed by atoms with Crippen LogP contribution in [0.2, 0.25) is 0 Å². The second kappa shape index (κ2) is 6.05. The Morgan fingerprint density at radius 1 is 0.947 bits per heavy atom. The molecule has 2 aromatic rings. The summed E-state index contributed by atoms with van der Waals surface area (Å²) in [6.07, 6.45) is 0. The third kappa shape index (κ3) is 3.58. The third-order valence-corrected chi connectivity index (χ3v) is 2.83. The van der Waals surface area contributed by atoms with Gasteiger partial charge in [-0.2, -0.15) is 0 Å². The van der Waals surface area contributed by atoms with E-state index in [2.05, 4.69) is 0 Å².